The van der Waals surface area contributed by atoms with Crippen molar-refractivity contribution < 1.29 is 9.53 Å². The summed E-state index contributed by atoms with van der Waals surface area (Å²) >= 11 is 0. The Morgan fingerprint density at radius 3 is 2.86 bits per heavy atom. The van der Waals surface area contributed by atoms with E-state index < -0.39 is 0 Å². The number of nitrogens with zero attached hydrogens (tertiary/aromatic N) is 2. The molecule has 0 bridgehead atoms. The number of hydrogen-bond acceptors (Lipinski definition) is 4. The highest BCUT2D eigenvalue weighted by Crippen LogP contribution is 2.19. The zero-order valence-corrected chi connectivity index (χ0v) is 12.7. The van der Waals surface area contributed by atoms with Gasteiger partial charge in [0.2, 0.25) is 0 Å². The molecular weight excluding hydrogens is 266 g/mol. The Kier molecular flexibility index (Phi) is 4.62. The van der Waals surface area contributed by atoms with Crippen LogP contribution in [0.15, 0.2) is 30.3 Å². The maximum Gasteiger partial charge on any atom is 0.313 e. The van der Waals surface area contributed by atoms with Crippen molar-refractivity contribution in [3.8, 4) is 0 Å². The number of rotatable bonds is 5. The lowest BCUT2D eigenvalue weighted by atomic mass is 10.0. The Morgan fingerprint density at radius 2 is 2.19 bits per heavy atom. The molecule has 2 aromatic rings. The molecule has 2 N–H and O–H groups in total. The maximum atomic E-state index is 12.1. The van der Waals surface area contributed by atoms with Gasteiger partial charge in [0, 0.05) is 12.2 Å². The fourth-order valence-electron chi connectivity index (χ4n) is 2.22. The average Bonchev–Trinajstić information content (AvgIpc) is 2.84. The molecule has 0 saturated heterocycles. The summed E-state index contributed by atoms with van der Waals surface area (Å²) in [6, 6.07) is 9.24. The second-order valence-corrected chi connectivity index (χ2v) is 5.09. The second-order valence-electron chi connectivity index (χ2n) is 5.09. The lowest BCUT2D eigenvalue weighted by Crippen LogP contribution is -2.15. The first kappa shape index (κ1) is 15.1. The maximum absolute atomic E-state index is 12.1. The number of esters is 1. The quantitative estimate of drug-likeness (QED) is 0.678. The fraction of sp³-hybridized carbons (Fsp3) is 0.375. The van der Waals surface area contributed by atoms with Crippen LogP contribution >= 0.6 is 0 Å². The van der Waals surface area contributed by atoms with Gasteiger partial charge in [0.25, 0.3) is 0 Å². The van der Waals surface area contributed by atoms with E-state index in [2.05, 4.69) is 5.10 Å². The topological polar surface area (TPSA) is 70.1 Å². The lowest BCUT2D eigenvalue weighted by Gasteiger charge is -2.12. The Morgan fingerprint density at radius 1 is 1.43 bits per heavy atom. The van der Waals surface area contributed by atoms with Crippen molar-refractivity contribution in [1.82, 2.24) is 9.78 Å². The van der Waals surface area contributed by atoms with Gasteiger partial charge in [-0.15, -0.1) is 0 Å². The van der Waals surface area contributed by atoms with Gasteiger partial charge in [-0.2, -0.15) is 5.10 Å². The highest BCUT2D eigenvalue weighted by molar-refractivity contribution is 5.78. The fourth-order valence-corrected chi connectivity index (χ4v) is 2.22. The number of nitrogens with two attached hydrogens (primary N) is 1. The number of aromatic nitrogens is 2. The van der Waals surface area contributed by atoms with Gasteiger partial charge in [0.1, 0.15) is 6.61 Å². The smallest absolute Gasteiger partial charge is 0.313 e. The first-order valence-electron chi connectivity index (χ1n) is 7.06. The van der Waals surface area contributed by atoms with Crippen LogP contribution in [0.5, 0.6) is 0 Å². The molecule has 0 aliphatic heterocycles. The lowest BCUT2D eigenvalue weighted by molar-refractivity contribution is -0.146. The zero-order valence-electron chi connectivity index (χ0n) is 12.7. The van der Waals surface area contributed by atoms with Crippen LogP contribution in [0.2, 0.25) is 0 Å². The molecule has 112 valence electrons. The highest BCUT2D eigenvalue weighted by Gasteiger charge is 2.18. The van der Waals surface area contributed by atoms with Crippen molar-refractivity contribution in [2.75, 3.05) is 5.73 Å². The minimum atomic E-state index is -0.340. The molecule has 1 atom stereocenters. The van der Waals surface area contributed by atoms with Gasteiger partial charge in [-0.05, 0) is 44.5 Å². The molecule has 0 fully saturated rings. The van der Waals surface area contributed by atoms with Gasteiger partial charge in [-0.3, -0.25) is 9.48 Å². The molecule has 0 amide bonds. The third-order valence-corrected chi connectivity index (χ3v) is 3.41. The molecule has 5 heteroatoms. The van der Waals surface area contributed by atoms with Crippen LogP contribution in [0.4, 0.5) is 5.69 Å². The van der Waals surface area contributed by atoms with Crippen molar-refractivity contribution in [3.05, 3.63) is 47.3 Å². The van der Waals surface area contributed by atoms with E-state index in [1.165, 1.54) is 0 Å². The number of ether oxygens (including phenoxy) is 1. The van der Waals surface area contributed by atoms with Crippen LogP contribution in [0.1, 0.15) is 36.7 Å². The van der Waals surface area contributed by atoms with Gasteiger partial charge >= 0.3 is 5.97 Å². The summed E-state index contributed by atoms with van der Waals surface area (Å²) < 4.78 is 7.24. The number of anilines is 1. The number of aryl methyl sites for hydroxylation is 2. The van der Waals surface area contributed by atoms with Crippen molar-refractivity contribution in [3.63, 3.8) is 0 Å². The zero-order chi connectivity index (χ0) is 15.4. The van der Waals surface area contributed by atoms with Crippen LogP contribution in [-0.2, 0) is 22.7 Å². The van der Waals surface area contributed by atoms with Gasteiger partial charge in [0.15, 0.2) is 0 Å². The third-order valence-electron chi connectivity index (χ3n) is 3.41. The largest absolute Gasteiger partial charge is 0.459 e. The van der Waals surface area contributed by atoms with E-state index in [0.717, 1.165) is 23.5 Å². The van der Waals surface area contributed by atoms with E-state index in [1.54, 1.807) is 12.1 Å². The summed E-state index contributed by atoms with van der Waals surface area (Å²) in [4.78, 5) is 12.1. The SMILES string of the molecule is CCn1nc(C)cc1COC(=O)C(C)c1cccc(N)c1. The van der Waals surface area contributed by atoms with E-state index in [1.807, 2.05) is 43.7 Å². The minimum Gasteiger partial charge on any atom is -0.459 e. The molecule has 0 spiro atoms. The number of benzene rings is 1. The van der Waals surface area contributed by atoms with Gasteiger partial charge in [-0.25, -0.2) is 0 Å². The molecule has 21 heavy (non-hydrogen) atoms. The molecule has 1 aromatic carbocycles. The molecule has 1 aromatic heterocycles. The van der Waals surface area contributed by atoms with Crippen molar-refractivity contribution >= 4 is 11.7 Å². The standard InChI is InChI=1S/C16H21N3O2/c1-4-19-15(8-11(2)18-19)10-21-16(20)12(3)13-6-5-7-14(17)9-13/h5-9,12H,4,10,17H2,1-3H3. The van der Waals surface area contributed by atoms with Crippen LogP contribution in [0, 0.1) is 6.92 Å². The van der Waals surface area contributed by atoms with E-state index in [-0.39, 0.29) is 18.5 Å². The van der Waals surface area contributed by atoms with Crippen molar-refractivity contribution in [1.29, 1.82) is 0 Å². The Balaban J connectivity index is 2.01. The number of nitrogen functional groups attached to an aromatic ring is 1. The Bertz CT molecular complexity index is 634. The van der Waals surface area contributed by atoms with Crippen LogP contribution in [-0.4, -0.2) is 15.7 Å². The summed E-state index contributed by atoms with van der Waals surface area (Å²) in [6.45, 7) is 6.74. The number of hydrogen-bond donors (Lipinski definition) is 1. The molecule has 5 nitrogen and oxygen atoms in total. The molecule has 1 unspecified atom stereocenters. The van der Waals surface area contributed by atoms with Gasteiger partial charge in [0.05, 0.1) is 17.3 Å². The molecule has 1 heterocycles. The third kappa shape index (κ3) is 3.62. The summed E-state index contributed by atoms with van der Waals surface area (Å²) in [5, 5.41) is 4.33. The highest BCUT2D eigenvalue weighted by atomic mass is 16.5. The predicted octanol–water partition coefficient (Wildman–Crippen LogP) is 2.64. The summed E-state index contributed by atoms with van der Waals surface area (Å²) in [6.07, 6.45) is 0. The van der Waals surface area contributed by atoms with E-state index in [0.29, 0.717) is 5.69 Å². The number of carbonyl (C=O) groups excluding carboxylic acids is 1. The Labute approximate surface area is 124 Å². The molecule has 0 aliphatic rings. The van der Waals surface area contributed by atoms with Gasteiger partial charge in [-0.1, -0.05) is 12.1 Å². The van der Waals surface area contributed by atoms with E-state index in [4.69, 9.17) is 10.5 Å². The summed E-state index contributed by atoms with van der Waals surface area (Å²) in [5.41, 5.74) is 9.07. The second kappa shape index (κ2) is 6.43. The summed E-state index contributed by atoms with van der Waals surface area (Å²) in [5.74, 6) is -0.602. The first-order chi connectivity index (χ1) is 10.0. The molecular formula is C16H21N3O2. The van der Waals surface area contributed by atoms with Crippen molar-refractivity contribution in [2.24, 2.45) is 0 Å². The van der Waals surface area contributed by atoms with Crippen LogP contribution in [0.25, 0.3) is 0 Å². The monoisotopic (exact) mass is 287 g/mol. The minimum absolute atomic E-state index is 0.236. The molecule has 2 rings (SSSR count). The number of carbonyl (C=O) groups is 1. The normalized spacial score (nSPS) is 12.1. The van der Waals surface area contributed by atoms with Gasteiger partial charge < -0.3 is 10.5 Å². The van der Waals surface area contributed by atoms with E-state index >= 15 is 0 Å². The molecule has 0 saturated carbocycles. The predicted molar refractivity (Wildman–Crippen MR) is 81.7 cm³/mol. The van der Waals surface area contributed by atoms with E-state index in [9.17, 15) is 4.79 Å². The average molecular weight is 287 g/mol. The van der Waals surface area contributed by atoms with Crippen LogP contribution in [0.3, 0.4) is 0 Å². The summed E-state index contributed by atoms with van der Waals surface area (Å²) in [7, 11) is 0. The first-order valence-corrected chi connectivity index (χ1v) is 7.06. The van der Waals surface area contributed by atoms with Crippen molar-refractivity contribution in [2.45, 2.75) is 39.8 Å². The van der Waals surface area contributed by atoms with Crippen LogP contribution < -0.4 is 5.73 Å². The molecule has 0 radical (unpaired) electrons. The molecule has 0 aliphatic carbocycles. The Hall–Kier alpha value is -2.30.